The van der Waals surface area contributed by atoms with E-state index in [9.17, 15) is 19.5 Å². The molecule has 1 aromatic heterocycles. The highest BCUT2D eigenvalue weighted by Crippen LogP contribution is 2.60. The summed E-state index contributed by atoms with van der Waals surface area (Å²) in [6, 6.07) is 14.9. The molecule has 2 aliphatic rings. The fourth-order valence-corrected chi connectivity index (χ4v) is 9.19. The van der Waals surface area contributed by atoms with E-state index >= 15 is 0 Å². The van der Waals surface area contributed by atoms with Gasteiger partial charge in [-0.3, -0.25) is 19.2 Å². The first kappa shape index (κ1) is 28.9. The molecule has 0 unspecified atom stereocenters. The fourth-order valence-electron chi connectivity index (χ4n) is 6.59. The molecular formula is C30H37N5O5Si. The number of para-hydroxylation sites is 1. The maximum absolute atomic E-state index is 14.3. The smallest absolute Gasteiger partial charge is 0.264 e. The van der Waals surface area contributed by atoms with Gasteiger partial charge in [0.2, 0.25) is 6.41 Å². The van der Waals surface area contributed by atoms with Crippen LogP contribution in [0.5, 0.6) is 0 Å². The van der Waals surface area contributed by atoms with Crippen molar-refractivity contribution in [1.82, 2.24) is 15.0 Å². The average Bonchev–Trinajstić information content (AvgIpc) is 3.59. The Bertz CT molecular complexity index is 1420. The Morgan fingerprint density at radius 2 is 1.95 bits per heavy atom. The van der Waals surface area contributed by atoms with E-state index in [0.29, 0.717) is 54.3 Å². The first-order chi connectivity index (χ1) is 19.6. The Morgan fingerprint density at radius 1 is 1.20 bits per heavy atom. The predicted octanol–water partition coefficient (Wildman–Crippen LogP) is 3.53. The molecule has 1 saturated heterocycles. The minimum Gasteiger partial charge on any atom is -0.432 e. The van der Waals surface area contributed by atoms with Crippen molar-refractivity contribution in [3.05, 3.63) is 78.6 Å². The number of fused-ring (bicyclic) bond motifs is 2. The van der Waals surface area contributed by atoms with Crippen LogP contribution in [0.1, 0.15) is 24.6 Å². The van der Waals surface area contributed by atoms with Crippen molar-refractivity contribution in [2.45, 2.75) is 56.7 Å². The Morgan fingerprint density at radius 3 is 2.61 bits per heavy atom. The molecule has 2 aliphatic heterocycles. The second-order valence-electron chi connectivity index (χ2n) is 11.3. The van der Waals surface area contributed by atoms with Crippen molar-refractivity contribution in [3.63, 3.8) is 0 Å². The summed E-state index contributed by atoms with van der Waals surface area (Å²) >= 11 is 0. The first-order valence-corrected chi connectivity index (χ1v) is 16.9. The number of rotatable bonds is 11. The number of amides is 2. The standard InChI is InChI=1S/C30H37N5O5Si/c1-5-15-34-26-12-11-24(35(20-37)23-9-7-6-8-10-23)18-25(26)30(29(34)38)21(2)28(41(3,4)39)27(40-30)13-16-33-19-22(14-17-36)31-32-33/h5-12,18-21,27-28,36,39H,1,13-17H2,2-4H3/t21-,27+,28-,30+/m0/s1. The number of aliphatic hydroxyl groups is 1. The van der Waals surface area contributed by atoms with Crippen LogP contribution in [0, 0.1) is 5.92 Å². The second-order valence-corrected chi connectivity index (χ2v) is 15.3. The molecule has 0 bridgehead atoms. The maximum Gasteiger partial charge on any atom is 0.264 e. The molecule has 3 heterocycles. The molecule has 2 amide bonds. The molecule has 1 spiro atoms. The van der Waals surface area contributed by atoms with Gasteiger partial charge in [0.05, 0.1) is 17.5 Å². The van der Waals surface area contributed by atoms with Gasteiger partial charge in [-0.1, -0.05) is 36.4 Å². The Hall–Kier alpha value is -3.64. The van der Waals surface area contributed by atoms with Gasteiger partial charge < -0.3 is 19.5 Å². The number of aryl methyl sites for hydroxylation is 1. The van der Waals surface area contributed by atoms with Gasteiger partial charge in [0.1, 0.15) is 0 Å². The van der Waals surface area contributed by atoms with E-state index in [0.717, 1.165) is 6.41 Å². The van der Waals surface area contributed by atoms with E-state index in [-0.39, 0.29) is 24.0 Å². The van der Waals surface area contributed by atoms with Crippen molar-refractivity contribution in [1.29, 1.82) is 0 Å². The van der Waals surface area contributed by atoms with Crippen LogP contribution in [0.2, 0.25) is 18.6 Å². The largest absolute Gasteiger partial charge is 0.432 e. The third kappa shape index (κ3) is 5.03. The SMILES string of the molecule is C=CCN1C(=O)[C@]2(O[C@H](CCn3cc(CCO)nn3)[C@@H]([Si](C)(C)O)[C@@H]2C)c2cc(N(C=O)c3ccccc3)ccc21. The zero-order chi connectivity index (χ0) is 29.4. The summed E-state index contributed by atoms with van der Waals surface area (Å²) in [5, 5.41) is 17.5. The van der Waals surface area contributed by atoms with Crippen molar-refractivity contribution in [2.24, 2.45) is 5.92 Å². The molecule has 216 valence electrons. The molecule has 0 radical (unpaired) electrons. The number of carbonyl (C=O) groups excluding carboxylic acids is 2. The molecule has 2 N–H and O–H groups in total. The lowest BCUT2D eigenvalue weighted by atomic mass is 9.82. The minimum atomic E-state index is -2.84. The summed E-state index contributed by atoms with van der Waals surface area (Å²) in [4.78, 5) is 41.3. The molecule has 11 heteroatoms. The molecule has 2 aromatic carbocycles. The van der Waals surface area contributed by atoms with Gasteiger partial charge in [-0.05, 0) is 49.8 Å². The van der Waals surface area contributed by atoms with Crippen molar-refractivity contribution >= 4 is 37.7 Å². The highest BCUT2D eigenvalue weighted by molar-refractivity contribution is 6.71. The number of nitrogens with zero attached hydrogens (tertiary/aromatic N) is 5. The number of aliphatic hydroxyl groups excluding tert-OH is 1. The Kier molecular flexibility index (Phi) is 7.97. The second kappa shape index (κ2) is 11.3. The van der Waals surface area contributed by atoms with Crippen LogP contribution in [0.25, 0.3) is 0 Å². The van der Waals surface area contributed by atoms with E-state index in [1.165, 1.54) is 0 Å². The lowest BCUT2D eigenvalue weighted by Crippen LogP contribution is -2.46. The lowest BCUT2D eigenvalue weighted by molar-refractivity contribution is -0.145. The van der Waals surface area contributed by atoms with Gasteiger partial charge in [0, 0.05) is 60.7 Å². The third-order valence-corrected chi connectivity index (χ3v) is 10.8. The molecular weight excluding hydrogens is 538 g/mol. The molecule has 10 nitrogen and oxygen atoms in total. The number of carbonyl (C=O) groups is 2. The number of aromatic nitrogens is 3. The van der Waals surface area contributed by atoms with Crippen LogP contribution in [-0.4, -0.2) is 64.8 Å². The van der Waals surface area contributed by atoms with Crippen LogP contribution in [0.4, 0.5) is 17.1 Å². The van der Waals surface area contributed by atoms with Gasteiger partial charge >= 0.3 is 0 Å². The lowest BCUT2D eigenvalue weighted by Gasteiger charge is -2.32. The van der Waals surface area contributed by atoms with Crippen LogP contribution in [0.15, 0.2) is 67.4 Å². The molecule has 3 aromatic rings. The first-order valence-electron chi connectivity index (χ1n) is 13.9. The summed E-state index contributed by atoms with van der Waals surface area (Å²) in [5.41, 5.74) is 1.85. The summed E-state index contributed by atoms with van der Waals surface area (Å²) in [6.45, 7) is 10.4. The van der Waals surface area contributed by atoms with E-state index in [4.69, 9.17) is 4.74 Å². The Labute approximate surface area is 241 Å². The van der Waals surface area contributed by atoms with E-state index in [2.05, 4.69) is 16.9 Å². The van der Waals surface area contributed by atoms with Crippen molar-refractivity contribution < 1.29 is 24.2 Å². The molecule has 0 aliphatic carbocycles. The van der Waals surface area contributed by atoms with Crippen LogP contribution < -0.4 is 9.80 Å². The fraction of sp³-hybridized carbons (Fsp3) is 0.400. The van der Waals surface area contributed by atoms with Gasteiger partial charge in [-0.15, -0.1) is 11.7 Å². The number of ether oxygens (including phenoxy) is 1. The third-order valence-electron chi connectivity index (χ3n) is 8.29. The molecule has 1 fully saturated rings. The number of hydrogen-bond acceptors (Lipinski definition) is 7. The summed E-state index contributed by atoms with van der Waals surface area (Å²) in [7, 11) is -2.84. The topological polar surface area (TPSA) is 121 Å². The number of hydrogen-bond donors (Lipinski definition) is 2. The predicted molar refractivity (Wildman–Crippen MR) is 158 cm³/mol. The Balaban J connectivity index is 1.56. The normalized spacial score (nSPS) is 23.7. The number of anilines is 3. The van der Waals surface area contributed by atoms with Gasteiger partial charge in [0.15, 0.2) is 13.9 Å². The van der Waals surface area contributed by atoms with E-state index in [1.807, 2.05) is 68.5 Å². The molecule has 4 atom stereocenters. The van der Waals surface area contributed by atoms with E-state index < -0.39 is 20.0 Å². The molecule has 0 saturated carbocycles. The van der Waals surface area contributed by atoms with E-state index in [1.54, 1.807) is 26.8 Å². The molecule has 41 heavy (non-hydrogen) atoms. The van der Waals surface area contributed by atoms with Crippen molar-refractivity contribution in [3.8, 4) is 0 Å². The van der Waals surface area contributed by atoms with Crippen LogP contribution in [-0.2, 0) is 32.9 Å². The number of benzene rings is 2. The average molecular weight is 576 g/mol. The monoisotopic (exact) mass is 575 g/mol. The zero-order valence-corrected chi connectivity index (χ0v) is 24.7. The van der Waals surface area contributed by atoms with Crippen molar-refractivity contribution in [2.75, 3.05) is 23.0 Å². The quantitative estimate of drug-likeness (QED) is 0.204. The highest BCUT2D eigenvalue weighted by atomic mass is 28.4. The van der Waals surface area contributed by atoms with Gasteiger partial charge in [-0.25, -0.2) is 0 Å². The summed E-state index contributed by atoms with van der Waals surface area (Å²) < 4.78 is 8.58. The highest BCUT2D eigenvalue weighted by Gasteiger charge is 2.66. The summed E-state index contributed by atoms with van der Waals surface area (Å²) in [5.74, 6) is -0.524. The van der Waals surface area contributed by atoms with Gasteiger partial charge in [0.25, 0.3) is 5.91 Å². The minimum absolute atomic E-state index is 0.00659. The van der Waals surface area contributed by atoms with Crippen LogP contribution in [0.3, 0.4) is 0 Å². The van der Waals surface area contributed by atoms with Gasteiger partial charge in [-0.2, -0.15) is 0 Å². The zero-order valence-electron chi connectivity index (χ0n) is 23.7. The van der Waals surface area contributed by atoms with Crippen LogP contribution >= 0.6 is 0 Å². The molecule has 5 rings (SSSR count). The summed E-state index contributed by atoms with van der Waals surface area (Å²) in [6.07, 6.45) is 4.77. The maximum atomic E-state index is 14.3.